The van der Waals surface area contributed by atoms with Gasteiger partial charge in [0.2, 0.25) is 5.91 Å². The molecule has 1 heterocycles. The van der Waals surface area contributed by atoms with Gasteiger partial charge in [0.05, 0.1) is 6.26 Å². The van der Waals surface area contributed by atoms with Crippen molar-refractivity contribution in [2.75, 3.05) is 0 Å². The number of furan rings is 1. The molecule has 1 atom stereocenters. The standard InChI is InChI=1S/C17H15NO3/c1-11(19)18-17(15-7-4-10-21-15)16-13-6-3-2-5-12(13)8-9-14(16)20/h2-10,17,20H,1H3,(H,18,19)/t17-/m0/s1. The molecule has 4 heteroatoms. The molecule has 4 nitrogen and oxygen atoms in total. The molecule has 0 aliphatic heterocycles. The minimum Gasteiger partial charge on any atom is -0.508 e. The molecule has 0 saturated heterocycles. The predicted octanol–water partition coefficient (Wildman–Crippen LogP) is 3.36. The lowest BCUT2D eigenvalue weighted by Crippen LogP contribution is -2.26. The first-order valence-electron chi connectivity index (χ1n) is 6.68. The third-order valence-corrected chi connectivity index (χ3v) is 3.41. The number of amides is 1. The second-order valence-electron chi connectivity index (χ2n) is 4.87. The monoisotopic (exact) mass is 281 g/mol. The van der Waals surface area contributed by atoms with Gasteiger partial charge in [-0.3, -0.25) is 4.79 Å². The van der Waals surface area contributed by atoms with Crippen molar-refractivity contribution in [3.8, 4) is 5.75 Å². The van der Waals surface area contributed by atoms with Gasteiger partial charge in [0.1, 0.15) is 17.6 Å². The second kappa shape index (κ2) is 5.32. The predicted molar refractivity (Wildman–Crippen MR) is 80.0 cm³/mol. The maximum absolute atomic E-state index is 11.5. The van der Waals surface area contributed by atoms with Crippen LogP contribution in [-0.4, -0.2) is 11.0 Å². The van der Waals surface area contributed by atoms with E-state index in [0.29, 0.717) is 11.3 Å². The molecule has 0 aliphatic carbocycles. The highest BCUT2D eigenvalue weighted by Gasteiger charge is 2.23. The highest BCUT2D eigenvalue weighted by atomic mass is 16.3. The lowest BCUT2D eigenvalue weighted by molar-refractivity contribution is -0.119. The van der Waals surface area contributed by atoms with Crippen LogP contribution in [0, 0.1) is 0 Å². The van der Waals surface area contributed by atoms with Crippen molar-refractivity contribution in [2.24, 2.45) is 0 Å². The van der Waals surface area contributed by atoms with Crippen LogP contribution in [0.2, 0.25) is 0 Å². The first kappa shape index (κ1) is 13.2. The molecule has 21 heavy (non-hydrogen) atoms. The maximum atomic E-state index is 11.5. The summed E-state index contributed by atoms with van der Waals surface area (Å²) in [5, 5.41) is 15.0. The van der Waals surface area contributed by atoms with Crippen molar-refractivity contribution < 1.29 is 14.3 Å². The fourth-order valence-electron chi connectivity index (χ4n) is 2.53. The minimum absolute atomic E-state index is 0.129. The molecule has 0 bridgehead atoms. The molecule has 1 amide bonds. The lowest BCUT2D eigenvalue weighted by atomic mass is 9.96. The Bertz CT molecular complexity index is 778. The number of nitrogens with one attached hydrogen (secondary N) is 1. The molecule has 0 fully saturated rings. The van der Waals surface area contributed by atoms with E-state index in [9.17, 15) is 9.90 Å². The Labute approximate surface area is 122 Å². The van der Waals surface area contributed by atoms with E-state index in [0.717, 1.165) is 10.8 Å². The van der Waals surface area contributed by atoms with Crippen LogP contribution in [0.5, 0.6) is 5.75 Å². The number of carbonyl (C=O) groups is 1. The Hall–Kier alpha value is -2.75. The average Bonchev–Trinajstić information content (AvgIpc) is 2.99. The first-order chi connectivity index (χ1) is 10.2. The first-order valence-corrected chi connectivity index (χ1v) is 6.68. The van der Waals surface area contributed by atoms with Crippen molar-refractivity contribution >= 4 is 16.7 Å². The SMILES string of the molecule is CC(=O)N[C@@H](c1ccco1)c1c(O)ccc2ccccc12. The van der Waals surface area contributed by atoms with E-state index in [1.54, 1.807) is 24.5 Å². The fraction of sp³-hybridized carbons (Fsp3) is 0.118. The van der Waals surface area contributed by atoms with Crippen LogP contribution < -0.4 is 5.32 Å². The Morgan fingerprint density at radius 3 is 2.67 bits per heavy atom. The van der Waals surface area contributed by atoms with E-state index < -0.39 is 6.04 Å². The summed E-state index contributed by atoms with van der Waals surface area (Å²) in [7, 11) is 0. The van der Waals surface area contributed by atoms with Crippen molar-refractivity contribution in [2.45, 2.75) is 13.0 Å². The smallest absolute Gasteiger partial charge is 0.217 e. The number of hydrogen-bond acceptors (Lipinski definition) is 3. The molecule has 0 unspecified atom stereocenters. The number of phenols is 1. The summed E-state index contributed by atoms with van der Waals surface area (Å²) < 4.78 is 5.43. The molecule has 3 rings (SSSR count). The van der Waals surface area contributed by atoms with Crippen LogP contribution in [0.3, 0.4) is 0 Å². The number of aromatic hydroxyl groups is 1. The lowest BCUT2D eigenvalue weighted by Gasteiger charge is -2.19. The molecule has 2 N–H and O–H groups in total. The topological polar surface area (TPSA) is 62.5 Å². The summed E-state index contributed by atoms with van der Waals surface area (Å²) in [5.74, 6) is 0.518. The number of rotatable bonds is 3. The molecule has 2 aromatic carbocycles. The van der Waals surface area contributed by atoms with Crippen LogP contribution in [0.15, 0.2) is 59.2 Å². The third kappa shape index (κ3) is 2.48. The summed E-state index contributed by atoms with van der Waals surface area (Å²) >= 11 is 0. The third-order valence-electron chi connectivity index (χ3n) is 3.41. The number of carbonyl (C=O) groups excluding carboxylic acids is 1. The summed E-state index contributed by atoms with van der Waals surface area (Å²) in [6, 6.07) is 14.2. The quantitative estimate of drug-likeness (QED) is 0.773. The van der Waals surface area contributed by atoms with Crippen molar-refractivity contribution in [3.05, 3.63) is 66.1 Å². The van der Waals surface area contributed by atoms with E-state index >= 15 is 0 Å². The van der Waals surface area contributed by atoms with E-state index in [1.807, 2.05) is 30.3 Å². The van der Waals surface area contributed by atoms with Gasteiger partial charge in [-0.1, -0.05) is 30.3 Å². The fourth-order valence-corrected chi connectivity index (χ4v) is 2.53. The molecule has 0 aliphatic rings. The zero-order valence-corrected chi connectivity index (χ0v) is 11.5. The summed E-state index contributed by atoms with van der Waals surface area (Å²) in [6.07, 6.45) is 1.55. The maximum Gasteiger partial charge on any atom is 0.217 e. The van der Waals surface area contributed by atoms with Crippen LogP contribution in [0.1, 0.15) is 24.3 Å². The number of hydrogen-bond donors (Lipinski definition) is 2. The molecule has 106 valence electrons. The number of phenolic OH excluding ortho intramolecular Hbond substituents is 1. The molecule has 1 aromatic heterocycles. The largest absolute Gasteiger partial charge is 0.508 e. The van der Waals surface area contributed by atoms with Gasteiger partial charge in [-0.05, 0) is 29.0 Å². The van der Waals surface area contributed by atoms with Crippen LogP contribution >= 0.6 is 0 Å². The molecular weight excluding hydrogens is 266 g/mol. The molecule has 0 saturated carbocycles. The van der Waals surface area contributed by atoms with Crippen molar-refractivity contribution in [1.29, 1.82) is 0 Å². The Morgan fingerprint density at radius 2 is 1.95 bits per heavy atom. The highest BCUT2D eigenvalue weighted by Crippen LogP contribution is 2.35. The van der Waals surface area contributed by atoms with Gasteiger partial charge in [0.25, 0.3) is 0 Å². The van der Waals surface area contributed by atoms with Crippen LogP contribution in [0.4, 0.5) is 0 Å². The molecule has 0 spiro atoms. The summed E-state index contributed by atoms with van der Waals surface area (Å²) in [5.41, 5.74) is 0.637. The summed E-state index contributed by atoms with van der Waals surface area (Å²) in [4.78, 5) is 11.5. The molecular formula is C17H15NO3. The van der Waals surface area contributed by atoms with E-state index in [-0.39, 0.29) is 11.7 Å². The van der Waals surface area contributed by atoms with Gasteiger partial charge in [-0.2, -0.15) is 0 Å². The summed E-state index contributed by atoms with van der Waals surface area (Å²) in [6.45, 7) is 1.44. The van der Waals surface area contributed by atoms with Gasteiger partial charge in [-0.15, -0.1) is 0 Å². The Kier molecular flexibility index (Phi) is 3.36. The highest BCUT2D eigenvalue weighted by molar-refractivity contribution is 5.89. The normalized spacial score (nSPS) is 12.2. The van der Waals surface area contributed by atoms with E-state index in [4.69, 9.17) is 4.42 Å². The second-order valence-corrected chi connectivity index (χ2v) is 4.87. The van der Waals surface area contributed by atoms with Crippen molar-refractivity contribution in [3.63, 3.8) is 0 Å². The molecule has 3 aromatic rings. The zero-order valence-electron chi connectivity index (χ0n) is 11.5. The van der Waals surface area contributed by atoms with Crippen LogP contribution in [0.25, 0.3) is 10.8 Å². The minimum atomic E-state index is -0.524. The van der Waals surface area contributed by atoms with Gasteiger partial charge in [0, 0.05) is 12.5 Å². The Morgan fingerprint density at radius 1 is 1.14 bits per heavy atom. The van der Waals surface area contributed by atoms with Gasteiger partial charge < -0.3 is 14.8 Å². The number of fused-ring (bicyclic) bond motifs is 1. The Balaban J connectivity index is 2.23. The van der Waals surface area contributed by atoms with E-state index in [2.05, 4.69) is 5.32 Å². The van der Waals surface area contributed by atoms with Crippen LogP contribution in [-0.2, 0) is 4.79 Å². The van der Waals surface area contributed by atoms with Gasteiger partial charge >= 0.3 is 0 Å². The van der Waals surface area contributed by atoms with E-state index in [1.165, 1.54) is 6.92 Å². The zero-order chi connectivity index (χ0) is 14.8. The van der Waals surface area contributed by atoms with Gasteiger partial charge in [0.15, 0.2) is 0 Å². The number of benzene rings is 2. The van der Waals surface area contributed by atoms with Crippen molar-refractivity contribution in [1.82, 2.24) is 5.32 Å². The van der Waals surface area contributed by atoms with Gasteiger partial charge in [-0.25, -0.2) is 0 Å². The average molecular weight is 281 g/mol. The molecule has 0 radical (unpaired) electrons.